The Hall–Kier alpha value is -4.12. The van der Waals surface area contributed by atoms with Gasteiger partial charge in [0, 0.05) is 32.0 Å². The second kappa shape index (κ2) is 10.9. The van der Waals surface area contributed by atoms with E-state index in [0.717, 1.165) is 12.1 Å². The molecule has 3 aromatic rings. The molecular formula is C26H26F2N4O5. The highest BCUT2D eigenvalue weighted by atomic mass is 19.1. The summed E-state index contributed by atoms with van der Waals surface area (Å²) in [4.78, 5) is 45.1. The van der Waals surface area contributed by atoms with Crippen molar-refractivity contribution in [2.24, 2.45) is 0 Å². The summed E-state index contributed by atoms with van der Waals surface area (Å²) in [6, 6.07) is 8.00. The lowest BCUT2D eigenvalue weighted by molar-refractivity contribution is 0.0478. The fourth-order valence-corrected chi connectivity index (χ4v) is 4.24. The number of ketones is 1. The van der Waals surface area contributed by atoms with E-state index in [1.807, 2.05) is 0 Å². The second-order valence-electron chi connectivity index (χ2n) is 8.78. The number of benzene rings is 1. The molecule has 9 nitrogen and oxygen atoms in total. The molecule has 4 rings (SSSR count). The standard InChI is InChI=1S/C26H26F2N4O5/c1-16(14-37-2)31-15-30(12-19-5-3-4-10-29-19)32-13-20(24(34)25(35)23(32)26(31)36)22(33)9-7-17-6-8-18(27)11-21(17)28/h3-6,8,10-11,13,16,35H,7,9,12,14-15H2,1-2H3/t16-/m0/s1. The fourth-order valence-electron chi connectivity index (χ4n) is 4.24. The predicted octanol–water partition coefficient (Wildman–Crippen LogP) is 2.63. The molecule has 194 valence electrons. The summed E-state index contributed by atoms with van der Waals surface area (Å²) in [6.07, 6.45) is 2.50. The first-order valence-electron chi connectivity index (χ1n) is 11.6. The van der Waals surface area contributed by atoms with Gasteiger partial charge in [-0.25, -0.2) is 8.78 Å². The van der Waals surface area contributed by atoms with Gasteiger partial charge in [0.2, 0.25) is 5.43 Å². The molecule has 1 atom stereocenters. The summed E-state index contributed by atoms with van der Waals surface area (Å²) in [5, 5.41) is 12.5. The van der Waals surface area contributed by atoms with Crippen molar-refractivity contribution in [3.8, 4) is 5.75 Å². The number of hydrogen-bond donors (Lipinski definition) is 1. The number of fused-ring (bicyclic) bond motifs is 1. The number of aromatic hydroxyl groups is 1. The minimum Gasteiger partial charge on any atom is -0.502 e. The quantitative estimate of drug-likeness (QED) is 0.440. The molecule has 37 heavy (non-hydrogen) atoms. The van der Waals surface area contributed by atoms with Crippen LogP contribution in [0.3, 0.4) is 0 Å². The third-order valence-corrected chi connectivity index (χ3v) is 6.20. The molecule has 1 N–H and O–H groups in total. The molecule has 0 radical (unpaired) electrons. The van der Waals surface area contributed by atoms with Crippen LogP contribution in [0.5, 0.6) is 5.75 Å². The Labute approximate surface area is 211 Å². The Bertz CT molecular complexity index is 1380. The largest absolute Gasteiger partial charge is 0.502 e. The van der Waals surface area contributed by atoms with Crippen molar-refractivity contribution in [3.63, 3.8) is 0 Å². The number of hydrogen-bond acceptors (Lipinski definition) is 7. The minimum atomic E-state index is -0.997. The number of aryl methyl sites for hydroxylation is 1. The number of aromatic nitrogens is 2. The lowest BCUT2D eigenvalue weighted by Crippen LogP contribution is -2.57. The van der Waals surface area contributed by atoms with Crippen LogP contribution in [0.25, 0.3) is 0 Å². The van der Waals surface area contributed by atoms with Gasteiger partial charge in [0.15, 0.2) is 17.2 Å². The second-order valence-corrected chi connectivity index (χ2v) is 8.78. The van der Waals surface area contributed by atoms with Crippen LogP contribution < -0.4 is 10.4 Å². The van der Waals surface area contributed by atoms with Gasteiger partial charge in [0.25, 0.3) is 5.91 Å². The highest BCUT2D eigenvalue weighted by molar-refractivity contribution is 6.00. The van der Waals surface area contributed by atoms with Crippen LogP contribution in [0.1, 0.15) is 45.4 Å². The van der Waals surface area contributed by atoms with E-state index >= 15 is 0 Å². The number of nitrogens with zero attached hydrogens (tertiary/aromatic N) is 4. The third-order valence-electron chi connectivity index (χ3n) is 6.20. The molecule has 0 unspecified atom stereocenters. The van der Waals surface area contributed by atoms with Gasteiger partial charge in [-0.15, -0.1) is 0 Å². The van der Waals surface area contributed by atoms with Crippen LogP contribution >= 0.6 is 0 Å². The Kier molecular flexibility index (Phi) is 7.63. The predicted molar refractivity (Wildman–Crippen MR) is 130 cm³/mol. The van der Waals surface area contributed by atoms with Crippen molar-refractivity contribution in [2.45, 2.75) is 32.4 Å². The zero-order chi connectivity index (χ0) is 26.7. The molecule has 1 aromatic carbocycles. The molecule has 0 bridgehead atoms. The van der Waals surface area contributed by atoms with E-state index in [9.17, 15) is 28.3 Å². The Morgan fingerprint density at radius 3 is 2.68 bits per heavy atom. The molecule has 2 aromatic heterocycles. The smallest absolute Gasteiger partial charge is 0.278 e. The lowest BCUT2D eigenvalue weighted by Gasteiger charge is -2.42. The maximum absolute atomic E-state index is 14.0. The van der Waals surface area contributed by atoms with Crippen molar-refractivity contribution < 1.29 is 28.2 Å². The average molecular weight is 513 g/mol. The molecule has 11 heteroatoms. The monoisotopic (exact) mass is 512 g/mol. The molecular weight excluding hydrogens is 486 g/mol. The molecule has 0 aliphatic carbocycles. The van der Waals surface area contributed by atoms with Gasteiger partial charge >= 0.3 is 0 Å². The number of ether oxygens (including phenoxy) is 1. The average Bonchev–Trinajstić information content (AvgIpc) is 2.87. The van der Waals surface area contributed by atoms with E-state index < -0.39 is 34.5 Å². The van der Waals surface area contributed by atoms with Gasteiger partial charge in [-0.3, -0.25) is 29.1 Å². The first-order valence-corrected chi connectivity index (χ1v) is 11.6. The van der Waals surface area contributed by atoms with Gasteiger partial charge in [-0.2, -0.15) is 0 Å². The number of pyridine rings is 2. The zero-order valence-corrected chi connectivity index (χ0v) is 20.4. The first-order chi connectivity index (χ1) is 17.7. The van der Waals surface area contributed by atoms with Crippen LogP contribution in [0, 0.1) is 11.6 Å². The van der Waals surface area contributed by atoms with Crippen LogP contribution in [0.15, 0.2) is 53.6 Å². The van der Waals surface area contributed by atoms with Crippen LogP contribution in [0.4, 0.5) is 8.78 Å². The van der Waals surface area contributed by atoms with Crippen molar-refractivity contribution >= 4 is 11.7 Å². The van der Waals surface area contributed by atoms with Gasteiger partial charge in [-0.05, 0) is 37.1 Å². The van der Waals surface area contributed by atoms with E-state index in [4.69, 9.17) is 4.74 Å². The molecule has 1 amide bonds. The number of Topliss-reactive ketones (excluding diaryl/α,β-unsaturated/α-hetero) is 1. The number of carbonyl (C=O) groups excluding carboxylic acids is 2. The number of halogens is 2. The molecule has 0 saturated carbocycles. The van der Waals surface area contributed by atoms with Gasteiger partial charge in [-0.1, -0.05) is 12.1 Å². The molecule has 0 saturated heterocycles. The lowest BCUT2D eigenvalue weighted by atomic mass is 10.0. The maximum atomic E-state index is 14.0. The minimum absolute atomic E-state index is 0.0731. The van der Waals surface area contributed by atoms with E-state index in [2.05, 4.69) is 4.98 Å². The van der Waals surface area contributed by atoms with Crippen molar-refractivity contribution in [1.82, 2.24) is 14.6 Å². The van der Waals surface area contributed by atoms with Crippen LogP contribution in [0.2, 0.25) is 0 Å². The number of rotatable bonds is 9. The van der Waals surface area contributed by atoms with Crippen molar-refractivity contribution in [2.75, 3.05) is 25.4 Å². The SMILES string of the molecule is COC[C@H](C)N1CN(Cc2ccccn2)n2cc(C(=O)CCc3ccc(F)cc3F)c(=O)c(O)c2C1=O. The molecule has 1 aliphatic heterocycles. The van der Waals surface area contributed by atoms with Gasteiger partial charge < -0.3 is 14.7 Å². The fraction of sp³-hybridized carbons (Fsp3) is 0.308. The summed E-state index contributed by atoms with van der Waals surface area (Å²) >= 11 is 0. The number of methoxy groups -OCH3 is 1. The Balaban J connectivity index is 1.71. The van der Waals surface area contributed by atoms with E-state index in [0.29, 0.717) is 5.69 Å². The molecule has 0 fully saturated rings. The molecule has 0 spiro atoms. The maximum Gasteiger partial charge on any atom is 0.278 e. The topological polar surface area (TPSA) is 105 Å². The third kappa shape index (κ3) is 5.36. The van der Waals surface area contributed by atoms with Crippen molar-refractivity contribution in [3.05, 3.63) is 93.2 Å². The Morgan fingerprint density at radius 1 is 1.22 bits per heavy atom. The summed E-state index contributed by atoms with van der Waals surface area (Å²) in [7, 11) is 1.50. The highest BCUT2D eigenvalue weighted by Gasteiger charge is 2.36. The molecule has 1 aliphatic rings. The van der Waals surface area contributed by atoms with Crippen LogP contribution in [-0.4, -0.2) is 57.8 Å². The summed E-state index contributed by atoms with van der Waals surface area (Å²) in [6.45, 7) is 2.28. The number of amides is 1. The van der Waals surface area contributed by atoms with E-state index in [-0.39, 0.29) is 55.5 Å². The normalized spacial score (nSPS) is 14.0. The van der Waals surface area contributed by atoms with Crippen LogP contribution in [-0.2, 0) is 17.7 Å². The summed E-state index contributed by atoms with van der Waals surface area (Å²) in [5.41, 5.74) is -0.854. The molecule has 3 heterocycles. The summed E-state index contributed by atoms with van der Waals surface area (Å²) < 4.78 is 33.7. The first kappa shape index (κ1) is 26.0. The zero-order valence-electron chi connectivity index (χ0n) is 20.4. The van der Waals surface area contributed by atoms with Gasteiger partial charge in [0.1, 0.15) is 18.3 Å². The Morgan fingerprint density at radius 2 is 2.00 bits per heavy atom. The van der Waals surface area contributed by atoms with Gasteiger partial charge in [0.05, 0.1) is 30.5 Å². The van der Waals surface area contributed by atoms with Crippen molar-refractivity contribution in [1.29, 1.82) is 0 Å². The van der Waals surface area contributed by atoms with E-state index in [1.165, 1.54) is 28.9 Å². The number of carbonyl (C=O) groups is 2. The highest BCUT2D eigenvalue weighted by Crippen LogP contribution is 2.24. The van der Waals surface area contributed by atoms with E-state index in [1.54, 1.807) is 36.3 Å². The summed E-state index contributed by atoms with van der Waals surface area (Å²) in [5.74, 6) is -3.64.